The largest absolute Gasteiger partial charge is 0.396 e. The first-order chi connectivity index (χ1) is 7.36. The highest BCUT2D eigenvalue weighted by Crippen LogP contribution is 2.30. The van der Waals surface area contributed by atoms with Gasteiger partial charge in [-0.25, -0.2) is 0 Å². The van der Waals surface area contributed by atoms with Crippen molar-refractivity contribution in [2.45, 2.75) is 51.9 Å². The summed E-state index contributed by atoms with van der Waals surface area (Å²) in [5, 5.41) is 12.1. The van der Waals surface area contributed by atoms with Gasteiger partial charge in [0.1, 0.15) is 0 Å². The summed E-state index contributed by atoms with van der Waals surface area (Å²) >= 11 is 0. The van der Waals surface area contributed by atoms with Gasteiger partial charge < -0.3 is 10.4 Å². The molecule has 0 radical (unpaired) electrons. The molecule has 2 heteroatoms. The van der Waals surface area contributed by atoms with E-state index < -0.39 is 0 Å². The van der Waals surface area contributed by atoms with Gasteiger partial charge in [-0.2, -0.15) is 0 Å². The van der Waals surface area contributed by atoms with Gasteiger partial charge in [0.25, 0.3) is 0 Å². The summed E-state index contributed by atoms with van der Waals surface area (Å²) in [5.41, 5.74) is 0. The molecule has 2 N–H and O–H groups in total. The molecule has 2 nitrogen and oxygen atoms in total. The Kier molecular flexibility index (Phi) is 7.03. The summed E-state index contributed by atoms with van der Waals surface area (Å²) in [5.74, 6) is 1.92. The van der Waals surface area contributed by atoms with E-state index in [0.29, 0.717) is 6.61 Å². The zero-order valence-corrected chi connectivity index (χ0v) is 10.2. The summed E-state index contributed by atoms with van der Waals surface area (Å²) in [4.78, 5) is 0. The predicted molar refractivity (Wildman–Crippen MR) is 64.9 cm³/mol. The molecule has 1 aliphatic rings. The van der Waals surface area contributed by atoms with Crippen LogP contribution in [0.25, 0.3) is 0 Å². The van der Waals surface area contributed by atoms with Gasteiger partial charge in [0.15, 0.2) is 0 Å². The molecule has 0 saturated heterocycles. The topological polar surface area (TPSA) is 32.3 Å². The van der Waals surface area contributed by atoms with Crippen molar-refractivity contribution in [3.63, 3.8) is 0 Å². The van der Waals surface area contributed by atoms with Crippen LogP contribution in [0.15, 0.2) is 0 Å². The average Bonchev–Trinajstić information content (AvgIpc) is 2.27. The fraction of sp³-hybridized carbons (Fsp3) is 1.00. The maximum absolute atomic E-state index is 8.66. The molecule has 1 saturated carbocycles. The lowest BCUT2D eigenvalue weighted by Crippen LogP contribution is -2.27. The molecule has 0 aliphatic heterocycles. The molecule has 90 valence electrons. The van der Waals surface area contributed by atoms with Crippen LogP contribution in [0.2, 0.25) is 0 Å². The maximum atomic E-state index is 8.66. The first kappa shape index (κ1) is 13.0. The maximum Gasteiger partial charge on any atom is 0.0443 e. The van der Waals surface area contributed by atoms with Crippen molar-refractivity contribution in [2.24, 2.45) is 11.8 Å². The number of aliphatic hydroxyl groups excluding tert-OH is 1. The summed E-state index contributed by atoms with van der Waals surface area (Å²) in [6.07, 6.45) is 9.40. The number of hydrogen-bond donors (Lipinski definition) is 2. The molecule has 1 aliphatic carbocycles. The molecule has 0 spiro atoms. The van der Waals surface area contributed by atoms with Gasteiger partial charge in [-0.05, 0) is 44.2 Å². The molecule has 0 amide bonds. The van der Waals surface area contributed by atoms with E-state index in [1.54, 1.807) is 0 Å². The van der Waals surface area contributed by atoms with E-state index in [0.717, 1.165) is 24.8 Å². The van der Waals surface area contributed by atoms with Gasteiger partial charge in [-0.1, -0.05) is 32.6 Å². The zero-order chi connectivity index (χ0) is 10.9. The van der Waals surface area contributed by atoms with E-state index in [4.69, 9.17) is 5.11 Å². The Morgan fingerprint density at radius 2 is 1.80 bits per heavy atom. The van der Waals surface area contributed by atoms with Crippen LogP contribution in [0.4, 0.5) is 0 Å². The van der Waals surface area contributed by atoms with Crippen molar-refractivity contribution in [2.75, 3.05) is 19.7 Å². The first-order valence-corrected chi connectivity index (χ1v) is 6.68. The van der Waals surface area contributed by atoms with Crippen LogP contribution in [-0.4, -0.2) is 24.8 Å². The van der Waals surface area contributed by atoms with Crippen LogP contribution in [0, 0.1) is 11.8 Å². The van der Waals surface area contributed by atoms with Gasteiger partial charge in [0.05, 0.1) is 0 Å². The summed E-state index contributed by atoms with van der Waals surface area (Å²) in [6.45, 7) is 4.75. The Balaban J connectivity index is 1.99. The third kappa shape index (κ3) is 5.53. The van der Waals surface area contributed by atoms with Crippen molar-refractivity contribution in [3.8, 4) is 0 Å². The van der Waals surface area contributed by atoms with Crippen molar-refractivity contribution < 1.29 is 5.11 Å². The van der Waals surface area contributed by atoms with Crippen LogP contribution < -0.4 is 5.32 Å². The normalized spacial score (nSPS) is 26.8. The second kappa shape index (κ2) is 8.12. The Labute approximate surface area is 94.5 Å². The zero-order valence-electron chi connectivity index (χ0n) is 10.2. The molecule has 0 aromatic carbocycles. The third-order valence-corrected chi connectivity index (χ3v) is 3.61. The minimum atomic E-state index is 0.316. The van der Waals surface area contributed by atoms with Gasteiger partial charge in [-0.15, -0.1) is 0 Å². The predicted octanol–water partition coefficient (Wildman–Crippen LogP) is 2.56. The number of hydrogen-bond acceptors (Lipinski definition) is 2. The monoisotopic (exact) mass is 213 g/mol. The van der Waals surface area contributed by atoms with Crippen LogP contribution in [0.5, 0.6) is 0 Å². The second-order valence-electron chi connectivity index (χ2n) is 4.96. The Hall–Kier alpha value is -0.0800. The average molecular weight is 213 g/mol. The van der Waals surface area contributed by atoms with Crippen LogP contribution >= 0.6 is 0 Å². The Bertz CT molecular complexity index is 139. The molecule has 0 atom stereocenters. The van der Waals surface area contributed by atoms with E-state index in [1.807, 2.05) is 0 Å². The molecule has 0 bridgehead atoms. The van der Waals surface area contributed by atoms with Crippen molar-refractivity contribution in [3.05, 3.63) is 0 Å². The third-order valence-electron chi connectivity index (χ3n) is 3.61. The highest BCUT2D eigenvalue weighted by atomic mass is 16.3. The first-order valence-electron chi connectivity index (χ1n) is 6.68. The van der Waals surface area contributed by atoms with Gasteiger partial charge in [0.2, 0.25) is 0 Å². The lowest BCUT2D eigenvalue weighted by atomic mass is 9.80. The standard InChI is InChI=1S/C13H27NO/c1-2-4-12-5-7-13(8-6-12)11-14-9-3-10-15/h12-15H,2-11H2,1H3. The molecular weight excluding hydrogens is 186 g/mol. The van der Waals surface area contributed by atoms with E-state index in [1.165, 1.54) is 45.1 Å². The molecule has 1 fully saturated rings. The number of nitrogens with one attached hydrogen (secondary N) is 1. The molecule has 0 aromatic heterocycles. The molecule has 15 heavy (non-hydrogen) atoms. The highest BCUT2D eigenvalue weighted by molar-refractivity contribution is 4.73. The van der Waals surface area contributed by atoms with E-state index in [2.05, 4.69) is 12.2 Å². The van der Waals surface area contributed by atoms with Gasteiger partial charge >= 0.3 is 0 Å². The molecule has 0 unspecified atom stereocenters. The second-order valence-corrected chi connectivity index (χ2v) is 4.96. The van der Waals surface area contributed by atoms with Crippen molar-refractivity contribution in [1.82, 2.24) is 5.32 Å². The summed E-state index contributed by atoms with van der Waals surface area (Å²) < 4.78 is 0. The highest BCUT2D eigenvalue weighted by Gasteiger charge is 2.19. The lowest BCUT2D eigenvalue weighted by molar-refractivity contribution is 0.250. The number of rotatable bonds is 7. The molecule has 0 heterocycles. The van der Waals surface area contributed by atoms with Gasteiger partial charge in [0, 0.05) is 6.61 Å². The minimum absolute atomic E-state index is 0.316. The molecule has 1 rings (SSSR count). The lowest BCUT2D eigenvalue weighted by Gasteiger charge is -2.28. The van der Waals surface area contributed by atoms with Crippen molar-refractivity contribution >= 4 is 0 Å². The fourth-order valence-electron chi connectivity index (χ4n) is 2.64. The smallest absolute Gasteiger partial charge is 0.0443 e. The van der Waals surface area contributed by atoms with E-state index >= 15 is 0 Å². The molecular formula is C13H27NO. The SMILES string of the molecule is CCCC1CCC(CNCCCO)CC1. The minimum Gasteiger partial charge on any atom is -0.396 e. The van der Waals surface area contributed by atoms with Crippen LogP contribution in [0.3, 0.4) is 0 Å². The van der Waals surface area contributed by atoms with E-state index in [9.17, 15) is 0 Å². The van der Waals surface area contributed by atoms with Gasteiger partial charge in [-0.3, -0.25) is 0 Å². The Morgan fingerprint density at radius 1 is 1.13 bits per heavy atom. The van der Waals surface area contributed by atoms with Crippen LogP contribution in [0.1, 0.15) is 51.9 Å². The summed E-state index contributed by atoms with van der Waals surface area (Å²) in [6, 6.07) is 0. The quantitative estimate of drug-likeness (QED) is 0.637. The summed E-state index contributed by atoms with van der Waals surface area (Å²) in [7, 11) is 0. The Morgan fingerprint density at radius 3 is 2.40 bits per heavy atom. The fourth-order valence-corrected chi connectivity index (χ4v) is 2.64. The number of aliphatic hydroxyl groups is 1. The molecule has 0 aromatic rings. The van der Waals surface area contributed by atoms with E-state index in [-0.39, 0.29) is 0 Å². The van der Waals surface area contributed by atoms with Crippen molar-refractivity contribution in [1.29, 1.82) is 0 Å². The van der Waals surface area contributed by atoms with Crippen LogP contribution in [-0.2, 0) is 0 Å².